The number of rotatable bonds is 0. The summed E-state index contributed by atoms with van der Waals surface area (Å²) >= 11 is 0. The second-order valence-electron chi connectivity index (χ2n) is 1.59. The average Bonchev–Trinajstić information content (AvgIpc) is 1.98. The Kier molecular flexibility index (Phi) is 1.28. The monoisotopic (exact) mass is 147 g/mol. The second kappa shape index (κ2) is 1.84. The molecule has 2 N–H and O–H groups in total. The van der Waals surface area contributed by atoms with E-state index in [4.69, 9.17) is 5.11 Å². The molecule has 1 unspecified atom stereocenters. The fourth-order valence-electron chi connectivity index (χ4n) is 0.458. The number of carbonyl (C=O) groups is 1. The van der Waals surface area contributed by atoms with Crippen molar-refractivity contribution >= 4 is 16.0 Å². The van der Waals surface area contributed by atoms with Crippen LogP contribution < -0.4 is 5.32 Å². The molecule has 5 heteroatoms. The molecule has 0 radical (unpaired) electrons. The van der Waals surface area contributed by atoms with E-state index >= 15 is 0 Å². The fourth-order valence-corrected chi connectivity index (χ4v) is 1.15. The van der Waals surface area contributed by atoms with Crippen molar-refractivity contribution in [3.63, 3.8) is 0 Å². The van der Waals surface area contributed by atoms with E-state index in [1.165, 1.54) is 6.92 Å². The van der Waals surface area contributed by atoms with E-state index in [-0.39, 0.29) is 10.8 Å². The molecule has 1 amide bonds. The van der Waals surface area contributed by atoms with Gasteiger partial charge >= 0.3 is 5.24 Å². The van der Waals surface area contributed by atoms with Gasteiger partial charge in [-0.25, -0.2) is 4.21 Å². The van der Waals surface area contributed by atoms with E-state index < -0.39 is 16.0 Å². The van der Waals surface area contributed by atoms with E-state index in [1.54, 1.807) is 0 Å². The Morgan fingerprint density at radius 1 is 1.67 bits per heavy atom. The summed E-state index contributed by atoms with van der Waals surface area (Å²) < 4.78 is 10.6. The van der Waals surface area contributed by atoms with Crippen LogP contribution in [0.1, 0.15) is 6.92 Å². The average molecular weight is 147 g/mol. The van der Waals surface area contributed by atoms with Crippen LogP contribution in [0.2, 0.25) is 0 Å². The molecule has 0 aromatic carbocycles. The van der Waals surface area contributed by atoms with Gasteiger partial charge in [0.15, 0.2) is 0 Å². The van der Waals surface area contributed by atoms with E-state index in [2.05, 4.69) is 0 Å². The van der Waals surface area contributed by atoms with Crippen molar-refractivity contribution in [3.05, 3.63) is 10.8 Å². The SMILES string of the molecule is CC1=C(O)NC(=O)S1=O. The fraction of sp³-hybridized carbons (Fsp3) is 0.250. The highest BCUT2D eigenvalue weighted by Crippen LogP contribution is 2.11. The van der Waals surface area contributed by atoms with Crippen molar-refractivity contribution in [2.24, 2.45) is 0 Å². The minimum Gasteiger partial charge on any atom is -0.494 e. The number of aliphatic hydroxyl groups excluding tert-OH is 1. The third kappa shape index (κ3) is 0.829. The summed E-state index contributed by atoms with van der Waals surface area (Å²) in [6.45, 7) is 1.43. The van der Waals surface area contributed by atoms with Crippen molar-refractivity contribution in [1.82, 2.24) is 5.32 Å². The quantitative estimate of drug-likeness (QED) is 0.514. The predicted octanol–water partition coefficient (Wildman–Crippen LogP) is 0.205. The molecule has 0 fully saturated rings. The molecule has 50 valence electrons. The Bertz CT molecular complexity index is 217. The van der Waals surface area contributed by atoms with Crippen LogP contribution in [0.25, 0.3) is 0 Å². The van der Waals surface area contributed by atoms with Gasteiger partial charge in [-0.2, -0.15) is 0 Å². The van der Waals surface area contributed by atoms with E-state index in [0.29, 0.717) is 0 Å². The summed E-state index contributed by atoms with van der Waals surface area (Å²) in [5, 5.41) is 10.1. The van der Waals surface area contributed by atoms with Gasteiger partial charge in [-0.1, -0.05) is 0 Å². The van der Waals surface area contributed by atoms with Crippen LogP contribution >= 0.6 is 0 Å². The Morgan fingerprint density at radius 3 is 2.33 bits per heavy atom. The Morgan fingerprint density at radius 2 is 2.22 bits per heavy atom. The summed E-state index contributed by atoms with van der Waals surface area (Å²) in [5.41, 5.74) is 0. The molecular formula is C4H5NO3S. The van der Waals surface area contributed by atoms with Crippen LogP contribution in [0, 0.1) is 0 Å². The summed E-state index contributed by atoms with van der Waals surface area (Å²) in [6, 6.07) is 0. The van der Waals surface area contributed by atoms with Gasteiger partial charge in [-0.15, -0.1) is 0 Å². The normalized spacial score (nSPS) is 26.8. The lowest BCUT2D eigenvalue weighted by Gasteiger charge is -1.86. The van der Waals surface area contributed by atoms with E-state index in [0.717, 1.165) is 0 Å². The molecule has 0 saturated heterocycles. The molecule has 4 nitrogen and oxygen atoms in total. The zero-order valence-electron chi connectivity index (χ0n) is 4.67. The van der Waals surface area contributed by atoms with Crippen molar-refractivity contribution in [1.29, 1.82) is 0 Å². The lowest BCUT2D eigenvalue weighted by Crippen LogP contribution is -2.15. The van der Waals surface area contributed by atoms with Crippen LogP contribution in [0.5, 0.6) is 0 Å². The molecule has 1 rings (SSSR count). The molecular weight excluding hydrogens is 142 g/mol. The van der Waals surface area contributed by atoms with Gasteiger partial charge in [0.1, 0.15) is 10.8 Å². The zero-order chi connectivity index (χ0) is 7.02. The molecule has 0 spiro atoms. The third-order valence-electron chi connectivity index (χ3n) is 1.00. The first-order chi connectivity index (χ1) is 4.13. The third-order valence-corrected chi connectivity index (χ3v) is 2.19. The highest BCUT2D eigenvalue weighted by molar-refractivity contribution is 8.04. The van der Waals surface area contributed by atoms with Crippen molar-refractivity contribution in [2.75, 3.05) is 0 Å². The Balaban J connectivity index is 3.01. The van der Waals surface area contributed by atoms with Crippen molar-refractivity contribution in [2.45, 2.75) is 6.92 Å². The van der Waals surface area contributed by atoms with Crippen LogP contribution in [-0.2, 0) is 10.8 Å². The maximum absolute atomic E-state index is 10.6. The van der Waals surface area contributed by atoms with E-state index in [1.807, 2.05) is 5.32 Å². The van der Waals surface area contributed by atoms with Gasteiger partial charge in [0.05, 0.1) is 4.91 Å². The van der Waals surface area contributed by atoms with Crippen LogP contribution in [-0.4, -0.2) is 14.6 Å². The topological polar surface area (TPSA) is 66.4 Å². The molecule has 0 bridgehead atoms. The van der Waals surface area contributed by atoms with Gasteiger partial charge in [0.2, 0.25) is 5.88 Å². The first-order valence-corrected chi connectivity index (χ1v) is 3.40. The van der Waals surface area contributed by atoms with Gasteiger partial charge < -0.3 is 5.11 Å². The minimum absolute atomic E-state index is 0.194. The van der Waals surface area contributed by atoms with Gasteiger partial charge in [0, 0.05) is 0 Å². The van der Waals surface area contributed by atoms with Crippen LogP contribution in [0.4, 0.5) is 4.79 Å². The molecule has 0 saturated carbocycles. The van der Waals surface area contributed by atoms with Crippen LogP contribution in [0.15, 0.2) is 10.8 Å². The molecule has 9 heavy (non-hydrogen) atoms. The van der Waals surface area contributed by atoms with Gasteiger partial charge in [-0.05, 0) is 6.92 Å². The molecule has 0 aromatic rings. The zero-order valence-corrected chi connectivity index (χ0v) is 5.49. The van der Waals surface area contributed by atoms with Crippen LogP contribution in [0.3, 0.4) is 0 Å². The minimum atomic E-state index is -1.66. The standard InChI is InChI=1S/C4H5NO3S/c1-2-3(6)5-4(7)9(2)8/h6H,1H3,(H,5,7). The number of aliphatic hydroxyl groups is 1. The first kappa shape index (κ1) is 6.28. The van der Waals surface area contributed by atoms with Crippen molar-refractivity contribution in [3.8, 4) is 0 Å². The lowest BCUT2D eigenvalue weighted by atomic mass is 10.6. The molecule has 0 aliphatic carbocycles. The highest BCUT2D eigenvalue weighted by Gasteiger charge is 2.25. The number of hydrogen-bond acceptors (Lipinski definition) is 3. The largest absolute Gasteiger partial charge is 0.494 e. The Hall–Kier alpha value is -0.840. The predicted molar refractivity (Wildman–Crippen MR) is 32.0 cm³/mol. The summed E-state index contributed by atoms with van der Waals surface area (Å²) in [7, 11) is -1.66. The number of nitrogens with one attached hydrogen (secondary N) is 1. The molecule has 0 aromatic heterocycles. The van der Waals surface area contributed by atoms with Gasteiger partial charge in [-0.3, -0.25) is 10.1 Å². The second-order valence-corrected chi connectivity index (χ2v) is 3.11. The number of hydrogen-bond donors (Lipinski definition) is 2. The molecule has 1 aliphatic heterocycles. The maximum atomic E-state index is 10.6. The maximum Gasteiger partial charge on any atom is 0.320 e. The molecule has 1 heterocycles. The summed E-state index contributed by atoms with van der Waals surface area (Å²) in [6.07, 6.45) is 0. The van der Waals surface area contributed by atoms with Gasteiger partial charge in [0.25, 0.3) is 0 Å². The molecule has 1 atom stereocenters. The first-order valence-electron chi connectivity index (χ1n) is 2.25. The number of carbonyl (C=O) groups excluding carboxylic acids is 1. The lowest BCUT2D eigenvalue weighted by molar-refractivity contribution is 0.257. The highest BCUT2D eigenvalue weighted by atomic mass is 32.2. The summed E-state index contributed by atoms with van der Waals surface area (Å²) in [5.74, 6) is -0.279. The number of amides is 1. The van der Waals surface area contributed by atoms with E-state index in [9.17, 15) is 9.00 Å². The van der Waals surface area contributed by atoms with Crippen molar-refractivity contribution < 1.29 is 14.1 Å². The summed E-state index contributed by atoms with van der Waals surface area (Å²) in [4.78, 5) is 10.6. The smallest absolute Gasteiger partial charge is 0.320 e. The molecule has 1 aliphatic rings. The number of allylic oxidation sites excluding steroid dienone is 1. The Labute approximate surface area is 54.0 Å².